The summed E-state index contributed by atoms with van der Waals surface area (Å²) < 4.78 is 43.9. The van der Waals surface area contributed by atoms with Crippen LogP contribution in [0.25, 0.3) is 0 Å². The predicted molar refractivity (Wildman–Crippen MR) is 91.0 cm³/mol. The van der Waals surface area contributed by atoms with Gasteiger partial charge < -0.3 is 20.1 Å². The third-order valence-corrected chi connectivity index (χ3v) is 4.62. The fourth-order valence-corrected chi connectivity index (χ4v) is 2.82. The zero-order valence-electron chi connectivity index (χ0n) is 15.0. The van der Waals surface area contributed by atoms with Gasteiger partial charge in [-0.3, -0.25) is 0 Å². The van der Waals surface area contributed by atoms with Crippen LogP contribution < -0.4 is 10.1 Å². The van der Waals surface area contributed by atoms with Gasteiger partial charge in [0.1, 0.15) is 5.75 Å². The molecule has 0 unspecified atom stereocenters. The second kappa shape index (κ2) is 8.16. The number of likely N-dealkylation sites (tertiary alicyclic amines) is 1. The van der Waals surface area contributed by atoms with E-state index in [4.69, 9.17) is 4.74 Å². The van der Waals surface area contributed by atoms with E-state index in [1.165, 1.54) is 4.90 Å². The molecule has 1 aliphatic rings. The maximum atomic E-state index is 12.8. The highest BCUT2D eigenvalue weighted by molar-refractivity contribution is 5.74. The normalized spacial score (nSPS) is 17.1. The quantitative estimate of drug-likeness (QED) is 0.831. The first-order valence-electron chi connectivity index (χ1n) is 8.70. The zero-order valence-corrected chi connectivity index (χ0v) is 15.0. The van der Waals surface area contributed by atoms with E-state index in [1.54, 1.807) is 0 Å². The summed E-state index contributed by atoms with van der Waals surface area (Å²) in [5, 5.41) is 12.4. The molecule has 1 aromatic rings. The first kappa shape index (κ1) is 20.4. The van der Waals surface area contributed by atoms with Crippen molar-refractivity contribution in [3.05, 3.63) is 29.3 Å². The van der Waals surface area contributed by atoms with Gasteiger partial charge in [0.05, 0.1) is 6.61 Å². The van der Waals surface area contributed by atoms with E-state index in [2.05, 4.69) is 5.32 Å². The minimum absolute atomic E-state index is 0.134. The Morgan fingerprint density at radius 3 is 2.54 bits per heavy atom. The Morgan fingerprint density at radius 2 is 2.00 bits per heavy atom. The molecule has 2 amide bonds. The lowest BCUT2D eigenvalue weighted by molar-refractivity contribution is -0.271. The lowest BCUT2D eigenvalue weighted by Gasteiger charge is -2.39. The van der Waals surface area contributed by atoms with E-state index in [-0.39, 0.29) is 19.6 Å². The fourth-order valence-electron chi connectivity index (χ4n) is 2.82. The van der Waals surface area contributed by atoms with E-state index < -0.39 is 30.7 Å². The van der Waals surface area contributed by atoms with Crippen molar-refractivity contribution >= 4 is 6.03 Å². The van der Waals surface area contributed by atoms with E-state index in [1.807, 2.05) is 32.0 Å². The van der Waals surface area contributed by atoms with Gasteiger partial charge in [-0.25, -0.2) is 4.79 Å². The van der Waals surface area contributed by atoms with Gasteiger partial charge in [0, 0.05) is 32.5 Å². The van der Waals surface area contributed by atoms with Crippen molar-refractivity contribution in [1.29, 1.82) is 0 Å². The van der Waals surface area contributed by atoms with Crippen LogP contribution in [-0.4, -0.2) is 47.5 Å². The molecule has 0 saturated carbocycles. The maximum absolute atomic E-state index is 12.8. The standard InChI is InChI=1S/C18H25F3N2O3/c1-3-10-26-15-5-4-14(13(2)11-15)12-22-16(24)23-8-6-17(25,7-9-23)18(19,20)21/h4-5,11,25H,3,6-10,12H2,1-2H3,(H,22,24). The van der Waals surface area contributed by atoms with Gasteiger partial charge in [-0.2, -0.15) is 13.2 Å². The van der Waals surface area contributed by atoms with Gasteiger partial charge >= 0.3 is 12.2 Å². The average Bonchev–Trinajstić information content (AvgIpc) is 2.58. The number of piperidine rings is 1. The molecule has 1 heterocycles. The molecule has 1 fully saturated rings. The van der Waals surface area contributed by atoms with Crippen LogP contribution in [0, 0.1) is 6.92 Å². The van der Waals surface area contributed by atoms with Crippen molar-refractivity contribution in [2.45, 2.75) is 51.4 Å². The van der Waals surface area contributed by atoms with Gasteiger partial charge in [0.15, 0.2) is 5.60 Å². The molecule has 0 spiro atoms. The number of benzene rings is 1. The van der Waals surface area contributed by atoms with Gasteiger partial charge in [0.25, 0.3) is 0 Å². The lowest BCUT2D eigenvalue weighted by Crippen LogP contribution is -2.55. The van der Waals surface area contributed by atoms with Gasteiger partial charge in [-0.1, -0.05) is 13.0 Å². The largest absolute Gasteiger partial charge is 0.494 e. The summed E-state index contributed by atoms with van der Waals surface area (Å²) in [7, 11) is 0. The first-order valence-corrected chi connectivity index (χ1v) is 8.70. The van der Waals surface area contributed by atoms with Gasteiger partial charge in [-0.15, -0.1) is 0 Å². The predicted octanol–water partition coefficient (Wildman–Crippen LogP) is 3.38. The summed E-state index contributed by atoms with van der Waals surface area (Å²) in [4.78, 5) is 13.5. The number of aryl methyl sites for hydroxylation is 1. The Bertz CT molecular complexity index is 627. The molecule has 8 heteroatoms. The van der Waals surface area contributed by atoms with Crippen molar-refractivity contribution in [3.63, 3.8) is 0 Å². The van der Waals surface area contributed by atoms with E-state index in [0.29, 0.717) is 6.61 Å². The van der Waals surface area contributed by atoms with E-state index in [0.717, 1.165) is 23.3 Å². The summed E-state index contributed by atoms with van der Waals surface area (Å²) in [5.41, 5.74) is -0.829. The van der Waals surface area contributed by atoms with Crippen LogP contribution in [0.4, 0.5) is 18.0 Å². The van der Waals surface area contributed by atoms with Crippen LogP contribution in [0.15, 0.2) is 18.2 Å². The second-order valence-electron chi connectivity index (χ2n) is 6.61. The molecule has 0 bridgehead atoms. The third-order valence-electron chi connectivity index (χ3n) is 4.62. The number of ether oxygens (including phenoxy) is 1. The van der Waals surface area contributed by atoms with Crippen molar-refractivity contribution in [3.8, 4) is 5.75 Å². The van der Waals surface area contributed by atoms with Crippen molar-refractivity contribution in [2.75, 3.05) is 19.7 Å². The molecule has 2 rings (SSSR count). The number of carbonyl (C=O) groups is 1. The van der Waals surface area contributed by atoms with Crippen LogP contribution in [0.2, 0.25) is 0 Å². The average molecular weight is 374 g/mol. The molecular weight excluding hydrogens is 349 g/mol. The highest BCUT2D eigenvalue weighted by Crippen LogP contribution is 2.38. The van der Waals surface area contributed by atoms with Gasteiger partial charge in [0.2, 0.25) is 0 Å². The van der Waals surface area contributed by atoms with Crippen molar-refractivity contribution < 1.29 is 27.8 Å². The summed E-state index contributed by atoms with van der Waals surface area (Å²) in [6.45, 7) is 4.57. The van der Waals surface area contributed by atoms with E-state index >= 15 is 0 Å². The number of halogens is 3. The minimum Gasteiger partial charge on any atom is -0.494 e. The Morgan fingerprint density at radius 1 is 1.35 bits per heavy atom. The summed E-state index contributed by atoms with van der Waals surface area (Å²) >= 11 is 0. The maximum Gasteiger partial charge on any atom is 0.417 e. The number of carbonyl (C=O) groups excluding carboxylic acids is 1. The number of aliphatic hydroxyl groups is 1. The molecule has 0 aromatic heterocycles. The molecule has 0 radical (unpaired) electrons. The number of nitrogens with one attached hydrogen (secondary N) is 1. The SMILES string of the molecule is CCCOc1ccc(CNC(=O)N2CCC(O)(C(F)(F)F)CC2)c(C)c1. The Balaban J connectivity index is 1.86. The van der Waals surface area contributed by atoms with Crippen LogP contribution in [0.3, 0.4) is 0 Å². The molecule has 146 valence electrons. The monoisotopic (exact) mass is 374 g/mol. The topological polar surface area (TPSA) is 61.8 Å². The van der Waals surface area contributed by atoms with Crippen LogP contribution >= 0.6 is 0 Å². The molecule has 2 N–H and O–H groups in total. The van der Waals surface area contributed by atoms with E-state index in [9.17, 15) is 23.1 Å². The van der Waals surface area contributed by atoms with Gasteiger partial charge in [-0.05, 0) is 36.6 Å². The summed E-state index contributed by atoms with van der Waals surface area (Å²) in [6, 6.07) is 5.15. The zero-order chi connectivity index (χ0) is 19.4. The van der Waals surface area contributed by atoms with Crippen molar-refractivity contribution in [2.24, 2.45) is 0 Å². The smallest absolute Gasteiger partial charge is 0.417 e. The molecule has 1 aliphatic heterocycles. The van der Waals surface area contributed by atoms with Crippen molar-refractivity contribution in [1.82, 2.24) is 10.2 Å². The molecule has 0 aliphatic carbocycles. The number of alkyl halides is 3. The molecule has 26 heavy (non-hydrogen) atoms. The number of amides is 2. The number of hydrogen-bond donors (Lipinski definition) is 2. The molecule has 5 nitrogen and oxygen atoms in total. The minimum atomic E-state index is -4.67. The number of urea groups is 1. The van der Waals surface area contributed by atoms with Crippen LogP contribution in [0.5, 0.6) is 5.75 Å². The Kier molecular flexibility index (Phi) is 6.39. The number of nitrogens with zero attached hydrogens (tertiary/aromatic N) is 1. The second-order valence-corrected chi connectivity index (χ2v) is 6.61. The van der Waals surface area contributed by atoms with Crippen LogP contribution in [0.1, 0.15) is 37.3 Å². The fraction of sp³-hybridized carbons (Fsp3) is 0.611. The number of rotatable bonds is 5. The molecule has 0 atom stereocenters. The number of hydrogen-bond acceptors (Lipinski definition) is 3. The Labute approximate surface area is 151 Å². The summed E-state index contributed by atoms with van der Waals surface area (Å²) in [6.07, 6.45) is -4.77. The summed E-state index contributed by atoms with van der Waals surface area (Å²) in [5.74, 6) is 0.766. The molecular formula is C18H25F3N2O3. The highest BCUT2D eigenvalue weighted by Gasteiger charge is 2.54. The third kappa shape index (κ3) is 4.81. The molecule has 1 aromatic carbocycles. The first-order chi connectivity index (χ1) is 12.2. The Hall–Kier alpha value is -1.96. The highest BCUT2D eigenvalue weighted by atomic mass is 19.4. The van der Waals surface area contributed by atoms with Crippen LogP contribution in [-0.2, 0) is 6.54 Å². The lowest BCUT2D eigenvalue weighted by atomic mass is 9.91. The molecule has 1 saturated heterocycles.